The Balaban J connectivity index is 2.00. The Morgan fingerprint density at radius 2 is 1.82 bits per heavy atom. The molecule has 2 aromatic rings. The highest BCUT2D eigenvalue weighted by Crippen LogP contribution is 2.36. The van der Waals surface area contributed by atoms with Crippen LogP contribution in [0.5, 0.6) is 0 Å². The zero-order chi connectivity index (χ0) is 16.3. The number of amides is 1. The second kappa shape index (κ2) is 6.48. The van der Waals surface area contributed by atoms with Gasteiger partial charge in [-0.2, -0.15) is 13.2 Å². The number of halogens is 3. The topological polar surface area (TPSA) is 42.2 Å². The van der Waals surface area contributed by atoms with Gasteiger partial charge in [0.1, 0.15) is 11.5 Å². The molecule has 2 rings (SSSR count). The molecule has 0 bridgehead atoms. The molecule has 0 aliphatic heterocycles. The van der Waals surface area contributed by atoms with Crippen LogP contribution in [0.15, 0.2) is 45.7 Å². The van der Waals surface area contributed by atoms with Gasteiger partial charge in [0.25, 0.3) is 5.91 Å². The van der Waals surface area contributed by atoms with E-state index in [9.17, 15) is 18.0 Å². The highest BCUT2D eigenvalue weighted by atomic mass is 32.2. The van der Waals surface area contributed by atoms with E-state index in [1.54, 1.807) is 26.0 Å². The molecule has 1 aromatic carbocycles. The first-order valence-electron chi connectivity index (χ1n) is 6.47. The van der Waals surface area contributed by atoms with Crippen molar-refractivity contribution in [1.29, 1.82) is 0 Å². The number of benzene rings is 1. The molecular formula is C15H14F3NO2S. The molecule has 0 spiro atoms. The van der Waals surface area contributed by atoms with Gasteiger partial charge in [-0.1, -0.05) is 0 Å². The van der Waals surface area contributed by atoms with E-state index in [1.165, 1.54) is 24.3 Å². The Morgan fingerprint density at radius 1 is 1.18 bits per heavy atom. The summed E-state index contributed by atoms with van der Waals surface area (Å²) in [4.78, 5) is 12.1. The van der Waals surface area contributed by atoms with Gasteiger partial charge in [0.2, 0.25) is 0 Å². The van der Waals surface area contributed by atoms with E-state index in [-0.39, 0.29) is 28.6 Å². The first-order chi connectivity index (χ1) is 10.2. The van der Waals surface area contributed by atoms with Gasteiger partial charge in [-0.15, -0.1) is 0 Å². The van der Waals surface area contributed by atoms with Crippen LogP contribution < -0.4 is 5.32 Å². The van der Waals surface area contributed by atoms with Gasteiger partial charge in [0, 0.05) is 10.5 Å². The summed E-state index contributed by atoms with van der Waals surface area (Å²) in [6.45, 7) is 3.57. The first-order valence-corrected chi connectivity index (χ1v) is 7.29. The Bertz CT molecular complexity index is 650. The number of carbonyl (C=O) groups excluding carboxylic acids is 1. The number of carbonyl (C=O) groups is 1. The number of thioether (sulfide) groups is 1. The third-order valence-electron chi connectivity index (χ3n) is 2.89. The monoisotopic (exact) mass is 329 g/mol. The van der Waals surface area contributed by atoms with Crippen molar-refractivity contribution in [2.45, 2.75) is 30.3 Å². The maximum absolute atomic E-state index is 12.2. The summed E-state index contributed by atoms with van der Waals surface area (Å²) in [6, 6.07) is 8.51. The van der Waals surface area contributed by atoms with Crippen LogP contribution in [-0.2, 0) is 0 Å². The first kappa shape index (κ1) is 16.5. The van der Waals surface area contributed by atoms with Crippen LogP contribution in [0.1, 0.15) is 34.8 Å². The average molecular weight is 329 g/mol. The van der Waals surface area contributed by atoms with E-state index in [0.717, 1.165) is 5.76 Å². The van der Waals surface area contributed by atoms with Gasteiger partial charge in [0.15, 0.2) is 0 Å². The SMILES string of the molecule is Cc1ccc(C(C)NC(=O)c2ccc(SC(F)(F)F)cc2)o1. The number of nitrogens with one attached hydrogen (secondary N) is 1. The highest BCUT2D eigenvalue weighted by molar-refractivity contribution is 8.00. The summed E-state index contributed by atoms with van der Waals surface area (Å²) in [6.07, 6.45) is 0. The summed E-state index contributed by atoms with van der Waals surface area (Å²) >= 11 is -0.212. The normalized spacial score (nSPS) is 13.0. The Hall–Kier alpha value is -1.89. The minimum atomic E-state index is -4.34. The van der Waals surface area contributed by atoms with Gasteiger partial charge in [-0.25, -0.2) is 0 Å². The summed E-state index contributed by atoms with van der Waals surface area (Å²) in [5, 5.41) is 2.73. The van der Waals surface area contributed by atoms with Crippen LogP contribution in [0.2, 0.25) is 0 Å². The van der Waals surface area contributed by atoms with Crippen molar-refractivity contribution in [2.75, 3.05) is 0 Å². The zero-order valence-electron chi connectivity index (χ0n) is 11.9. The molecule has 1 aromatic heterocycles. The van der Waals surface area contributed by atoms with E-state index in [1.807, 2.05) is 0 Å². The molecule has 118 valence electrons. The maximum Gasteiger partial charge on any atom is 0.446 e. The van der Waals surface area contributed by atoms with E-state index in [2.05, 4.69) is 5.32 Å². The molecule has 3 nitrogen and oxygen atoms in total. The third kappa shape index (κ3) is 4.56. The number of furan rings is 1. The molecule has 0 radical (unpaired) electrons. The number of aryl methyl sites for hydroxylation is 1. The van der Waals surface area contributed by atoms with Gasteiger partial charge in [-0.05, 0) is 62.0 Å². The van der Waals surface area contributed by atoms with Gasteiger partial charge in [-0.3, -0.25) is 4.79 Å². The van der Waals surface area contributed by atoms with E-state index < -0.39 is 5.51 Å². The Morgan fingerprint density at radius 3 is 2.32 bits per heavy atom. The molecule has 1 N–H and O–H groups in total. The fourth-order valence-corrected chi connectivity index (χ4v) is 2.38. The van der Waals surface area contributed by atoms with Crippen LogP contribution in [0.25, 0.3) is 0 Å². The van der Waals surface area contributed by atoms with Crippen LogP contribution in [0.3, 0.4) is 0 Å². The van der Waals surface area contributed by atoms with Crippen LogP contribution >= 0.6 is 11.8 Å². The molecule has 22 heavy (non-hydrogen) atoms. The predicted octanol–water partition coefficient (Wildman–Crippen LogP) is 4.69. The molecule has 0 aliphatic carbocycles. The van der Waals surface area contributed by atoms with Gasteiger partial charge < -0.3 is 9.73 Å². The zero-order valence-corrected chi connectivity index (χ0v) is 12.7. The number of alkyl halides is 3. The molecule has 0 saturated heterocycles. The third-order valence-corrected chi connectivity index (χ3v) is 3.62. The minimum Gasteiger partial charge on any atom is -0.464 e. The largest absolute Gasteiger partial charge is 0.464 e. The van der Waals surface area contributed by atoms with Crippen LogP contribution in [0.4, 0.5) is 13.2 Å². The van der Waals surface area contributed by atoms with Gasteiger partial charge >= 0.3 is 5.51 Å². The van der Waals surface area contributed by atoms with E-state index in [4.69, 9.17) is 4.42 Å². The molecule has 0 aliphatic rings. The molecule has 1 amide bonds. The lowest BCUT2D eigenvalue weighted by molar-refractivity contribution is -0.0328. The molecule has 1 unspecified atom stereocenters. The standard InChI is InChI=1S/C15H14F3NO2S/c1-9-3-8-13(21-9)10(2)19-14(20)11-4-6-12(7-5-11)22-15(16,17)18/h3-8,10H,1-2H3,(H,19,20). The van der Waals surface area contributed by atoms with Crippen molar-refractivity contribution < 1.29 is 22.4 Å². The lowest BCUT2D eigenvalue weighted by atomic mass is 10.2. The average Bonchev–Trinajstić information content (AvgIpc) is 2.84. The van der Waals surface area contributed by atoms with Gasteiger partial charge in [0.05, 0.1) is 6.04 Å². The van der Waals surface area contributed by atoms with E-state index in [0.29, 0.717) is 11.3 Å². The predicted molar refractivity (Wildman–Crippen MR) is 77.7 cm³/mol. The second-order valence-electron chi connectivity index (χ2n) is 4.72. The second-order valence-corrected chi connectivity index (χ2v) is 5.85. The lowest BCUT2D eigenvalue weighted by Crippen LogP contribution is -2.26. The fraction of sp³-hybridized carbons (Fsp3) is 0.267. The van der Waals surface area contributed by atoms with Crippen molar-refractivity contribution >= 4 is 17.7 Å². The van der Waals surface area contributed by atoms with Crippen molar-refractivity contribution in [2.24, 2.45) is 0 Å². The molecule has 1 heterocycles. The van der Waals surface area contributed by atoms with Crippen LogP contribution in [0, 0.1) is 6.92 Å². The quantitative estimate of drug-likeness (QED) is 0.827. The Labute approximate surface area is 129 Å². The maximum atomic E-state index is 12.2. The molecular weight excluding hydrogens is 315 g/mol. The fourth-order valence-electron chi connectivity index (χ4n) is 1.85. The number of rotatable bonds is 4. The van der Waals surface area contributed by atoms with Crippen LogP contribution in [-0.4, -0.2) is 11.4 Å². The molecule has 0 fully saturated rings. The lowest BCUT2D eigenvalue weighted by Gasteiger charge is -2.12. The van der Waals surface area contributed by atoms with E-state index >= 15 is 0 Å². The minimum absolute atomic E-state index is 0.0405. The molecule has 0 saturated carbocycles. The molecule has 1 atom stereocenters. The Kier molecular flexibility index (Phi) is 4.85. The summed E-state index contributed by atoms with van der Waals surface area (Å²) < 4.78 is 42.1. The highest BCUT2D eigenvalue weighted by Gasteiger charge is 2.29. The summed E-state index contributed by atoms with van der Waals surface area (Å²) in [5.41, 5.74) is -4.04. The van der Waals surface area contributed by atoms with Crippen molar-refractivity contribution in [3.05, 3.63) is 53.5 Å². The van der Waals surface area contributed by atoms with Crippen molar-refractivity contribution in [3.8, 4) is 0 Å². The molecule has 7 heteroatoms. The number of hydrogen-bond acceptors (Lipinski definition) is 3. The number of hydrogen-bond donors (Lipinski definition) is 1. The summed E-state index contributed by atoms with van der Waals surface area (Å²) in [7, 11) is 0. The summed E-state index contributed by atoms with van der Waals surface area (Å²) in [5.74, 6) is 0.991. The van der Waals surface area contributed by atoms with Crippen molar-refractivity contribution in [1.82, 2.24) is 5.32 Å². The smallest absolute Gasteiger partial charge is 0.446 e. The van der Waals surface area contributed by atoms with Crippen molar-refractivity contribution in [3.63, 3.8) is 0 Å².